The number of rotatable bonds is 11. The summed E-state index contributed by atoms with van der Waals surface area (Å²) in [5.74, 6) is -0.238. The number of amides is 1. The number of unbranched alkanes of at least 4 members (excludes halogenated alkanes) is 1. The maximum atomic E-state index is 11.7. The summed E-state index contributed by atoms with van der Waals surface area (Å²) in [4.78, 5) is 14.3. The minimum absolute atomic E-state index is 0.238. The van der Waals surface area contributed by atoms with Gasteiger partial charge in [0, 0.05) is 12.1 Å². The van der Waals surface area contributed by atoms with Gasteiger partial charge < -0.3 is 16.0 Å². The molecule has 1 atom stereocenters. The Morgan fingerprint density at radius 2 is 1.95 bits per heavy atom. The van der Waals surface area contributed by atoms with Crippen molar-refractivity contribution in [2.75, 3.05) is 13.1 Å². The highest BCUT2D eigenvalue weighted by Gasteiger charge is 2.32. The Hall–Kier alpha value is -0.610. The third kappa shape index (κ3) is 5.80. The molecule has 1 rings (SSSR count). The highest BCUT2D eigenvalue weighted by Crippen LogP contribution is 2.27. The molecule has 1 unspecified atom stereocenters. The van der Waals surface area contributed by atoms with Gasteiger partial charge in [0.05, 0.1) is 5.54 Å². The summed E-state index contributed by atoms with van der Waals surface area (Å²) in [7, 11) is 0. The number of carbonyl (C=O) groups is 1. The minimum Gasteiger partial charge on any atom is -0.368 e. The largest absolute Gasteiger partial charge is 0.368 e. The summed E-state index contributed by atoms with van der Waals surface area (Å²) in [6.45, 7) is 10.6. The van der Waals surface area contributed by atoms with Gasteiger partial charge in [0.15, 0.2) is 0 Å². The second-order valence-electron chi connectivity index (χ2n) is 6.72. The topological polar surface area (TPSA) is 58.4 Å². The van der Waals surface area contributed by atoms with E-state index >= 15 is 0 Å². The lowest BCUT2D eigenvalue weighted by molar-refractivity contribution is -0.124. The summed E-state index contributed by atoms with van der Waals surface area (Å²) in [5, 5.41) is 3.32. The number of nitrogens with zero attached hydrogens (tertiary/aromatic N) is 1. The Labute approximate surface area is 124 Å². The first-order valence-corrected chi connectivity index (χ1v) is 8.20. The summed E-state index contributed by atoms with van der Waals surface area (Å²) in [6, 6.07) is 1.08. The van der Waals surface area contributed by atoms with Gasteiger partial charge in [-0.3, -0.25) is 4.79 Å². The number of primary amides is 1. The summed E-state index contributed by atoms with van der Waals surface area (Å²) >= 11 is 0. The number of nitrogens with one attached hydrogen (secondary N) is 1. The quantitative estimate of drug-likeness (QED) is 0.611. The van der Waals surface area contributed by atoms with Gasteiger partial charge in [-0.05, 0) is 66.0 Å². The molecule has 0 aromatic heterocycles. The molecule has 1 aliphatic rings. The summed E-state index contributed by atoms with van der Waals surface area (Å²) < 4.78 is 0. The third-order valence-electron chi connectivity index (χ3n) is 4.14. The van der Waals surface area contributed by atoms with Crippen LogP contribution in [-0.2, 0) is 4.79 Å². The van der Waals surface area contributed by atoms with Crippen molar-refractivity contribution in [1.29, 1.82) is 0 Å². The van der Waals surface area contributed by atoms with E-state index in [-0.39, 0.29) is 11.9 Å². The van der Waals surface area contributed by atoms with Crippen LogP contribution in [0.3, 0.4) is 0 Å². The molecule has 0 aliphatic heterocycles. The fraction of sp³-hybridized carbons (Fsp3) is 0.938. The van der Waals surface area contributed by atoms with E-state index < -0.39 is 5.54 Å². The summed E-state index contributed by atoms with van der Waals surface area (Å²) in [6.07, 6.45) is 7.06. The van der Waals surface area contributed by atoms with Crippen molar-refractivity contribution in [1.82, 2.24) is 10.2 Å². The van der Waals surface area contributed by atoms with Crippen LogP contribution >= 0.6 is 0 Å². The zero-order chi connectivity index (χ0) is 15.2. The molecule has 1 amide bonds. The van der Waals surface area contributed by atoms with Crippen LogP contribution in [0.1, 0.15) is 66.2 Å². The van der Waals surface area contributed by atoms with Crippen LogP contribution in [0.5, 0.6) is 0 Å². The van der Waals surface area contributed by atoms with Gasteiger partial charge in [-0.1, -0.05) is 13.3 Å². The zero-order valence-electron chi connectivity index (χ0n) is 13.7. The first-order chi connectivity index (χ1) is 9.39. The lowest BCUT2D eigenvalue weighted by Crippen LogP contribution is -2.55. The van der Waals surface area contributed by atoms with Crippen LogP contribution in [0.4, 0.5) is 0 Å². The molecule has 0 aromatic rings. The van der Waals surface area contributed by atoms with Crippen molar-refractivity contribution in [2.24, 2.45) is 5.73 Å². The minimum atomic E-state index is -0.575. The van der Waals surface area contributed by atoms with Crippen LogP contribution in [0, 0.1) is 0 Å². The van der Waals surface area contributed by atoms with E-state index in [2.05, 4.69) is 31.0 Å². The molecule has 20 heavy (non-hydrogen) atoms. The van der Waals surface area contributed by atoms with Gasteiger partial charge in [-0.25, -0.2) is 0 Å². The molecule has 0 bridgehead atoms. The van der Waals surface area contributed by atoms with Crippen LogP contribution < -0.4 is 11.1 Å². The first-order valence-electron chi connectivity index (χ1n) is 8.20. The van der Waals surface area contributed by atoms with E-state index in [0.717, 1.165) is 25.4 Å². The Morgan fingerprint density at radius 1 is 1.35 bits per heavy atom. The predicted octanol–water partition coefficient (Wildman–Crippen LogP) is 2.27. The van der Waals surface area contributed by atoms with E-state index in [4.69, 9.17) is 5.73 Å². The molecule has 1 aliphatic carbocycles. The average molecular weight is 283 g/mol. The zero-order valence-corrected chi connectivity index (χ0v) is 13.7. The van der Waals surface area contributed by atoms with Crippen LogP contribution in [0.15, 0.2) is 0 Å². The molecule has 4 heteroatoms. The lowest BCUT2D eigenvalue weighted by atomic mass is 9.93. The molecule has 0 radical (unpaired) electrons. The Balaban J connectivity index is 2.40. The molecule has 0 heterocycles. The van der Waals surface area contributed by atoms with Crippen molar-refractivity contribution in [2.45, 2.75) is 83.8 Å². The number of carbonyl (C=O) groups excluding carboxylic acids is 1. The van der Waals surface area contributed by atoms with E-state index in [1.54, 1.807) is 0 Å². The number of hydrogen-bond donors (Lipinski definition) is 2. The lowest BCUT2D eigenvalue weighted by Gasteiger charge is -2.31. The molecule has 4 nitrogen and oxygen atoms in total. The van der Waals surface area contributed by atoms with Crippen molar-refractivity contribution in [3.05, 3.63) is 0 Å². The molecule has 1 fully saturated rings. The maximum Gasteiger partial charge on any atom is 0.237 e. The fourth-order valence-corrected chi connectivity index (χ4v) is 2.82. The second kappa shape index (κ2) is 7.99. The van der Waals surface area contributed by atoms with E-state index in [0.29, 0.717) is 0 Å². The van der Waals surface area contributed by atoms with Gasteiger partial charge in [-0.2, -0.15) is 0 Å². The Morgan fingerprint density at radius 3 is 2.40 bits per heavy atom. The molecule has 3 N–H and O–H groups in total. The molecular weight excluding hydrogens is 250 g/mol. The number of hydrogen-bond acceptors (Lipinski definition) is 3. The number of nitrogens with two attached hydrogens (primary N) is 1. The van der Waals surface area contributed by atoms with E-state index in [1.165, 1.54) is 32.2 Å². The maximum absolute atomic E-state index is 11.7. The summed E-state index contributed by atoms with van der Waals surface area (Å²) in [5.41, 5.74) is 5.00. The monoisotopic (exact) mass is 283 g/mol. The average Bonchev–Trinajstić information content (AvgIpc) is 3.16. The predicted molar refractivity (Wildman–Crippen MR) is 84.6 cm³/mol. The molecular formula is C16H33N3O. The first kappa shape index (κ1) is 17.4. The van der Waals surface area contributed by atoms with E-state index in [1.807, 2.05) is 6.92 Å². The second-order valence-corrected chi connectivity index (χ2v) is 6.72. The van der Waals surface area contributed by atoms with Crippen LogP contribution in [0.2, 0.25) is 0 Å². The van der Waals surface area contributed by atoms with Gasteiger partial charge >= 0.3 is 0 Å². The Bertz CT molecular complexity index is 302. The van der Waals surface area contributed by atoms with Crippen molar-refractivity contribution >= 4 is 5.91 Å². The standard InChI is InChI=1S/C16H33N3O/c1-5-6-11-19(14-8-9-14)12-7-10-16(4,15(17)20)18-13(2)3/h13-14,18H,5-12H2,1-4H3,(H2,17,20). The smallest absolute Gasteiger partial charge is 0.237 e. The molecule has 0 aromatic carbocycles. The van der Waals surface area contributed by atoms with Crippen LogP contribution in [-0.4, -0.2) is 41.5 Å². The highest BCUT2D eigenvalue weighted by atomic mass is 16.1. The SMILES string of the molecule is CCCCN(CCCC(C)(NC(C)C)C(N)=O)C1CC1. The van der Waals surface area contributed by atoms with E-state index in [9.17, 15) is 4.79 Å². The van der Waals surface area contributed by atoms with Crippen molar-refractivity contribution < 1.29 is 4.79 Å². The molecule has 0 spiro atoms. The van der Waals surface area contributed by atoms with Gasteiger partial charge in [0.2, 0.25) is 5.91 Å². The van der Waals surface area contributed by atoms with Gasteiger partial charge in [0.25, 0.3) is 0 Å². The Kier molecular flexibility index (Phi) is 6.96. The molecule has 118 valence electrons. The van der Waals surface area contributed by atoms with Crippen molar-refractivity contribution in [3.8, 4) is 0 Å². The normalized spacial score (nSPS) is 18.5. The van der Waals surface area contributed by atoms with Gasteiger partial charge in [0.1, 0.15) is 0 Å². The van der Waals surface area contributed by atoms with Crippen LogP contribution in [0.25, 0.3) is 0 Å². The molecule has 0 saturated heterocycles. The third-order valence-corrected chi connectivity index (χ3v) is 4.14. The fourth-order valence-electron chi connectivity index (χ4n) is 2.82. The molecule has 1 saturated carbocycles. The van der Waals surface area contributed by atoms with Gasteiger partial charge in [-0.15, -0.1) is 0 Å². The van der Waals surface area contributed by atoms with Crippen molar-refractivity contribution in [3.63, 3.8) is 0 Å². The highest BCUT2D eigenvalue weighted by molar-refractivity contribution is 5.84.